The van der Waals surface area contributed by atoms with Crippen molar-refractivity contribution in [2.75, 3.05) is 33.5 Å². The van der Waals surface area contributed by atoms with Gasteiger partial charge in [0.15, 0.2) is 0 Å². The zero-order chi connectivity index (χ0) is 14.8. The van der Waals surface area contributed by atoms with Crippen molar-refractivity contribution in [3.05, 3.63) is 28.8 Å². The number of carbonyl (C=O) groups is 1. The quantitative estimate of drug-likeness (QED) is 0.686. The molecule has 0 fully saturated rings. The number of ether oxygens (including phenoxy) is 2. The SMILES string of the molecule is COCCOCCCCNC(=O)c1ccc(O)c(Cl)c1. The Balaban J connectivity index is 2.15. The zero-order valence-corrected chi connectivity index (χ0v) is 12.3. The van der Waals surface area contributed by atoms with Gasteiger partial charge in [0.25, 0.3) is 5.91 Å². The maximum Gasteiger partial charge on any atom is 0.251 e. The summed E-state index contributed by atoms with van der Waals surface area (Å²) in [6, 6.07) is 4.38. The number of hydrogen-bond acceptors (Lipinski definition) is 4. The molecular formula is C14H20ClNO4. The molecule has 0 aliphatic rings. The first kappa shape index (κ1) is 16.8. The highest BCUT2D eigenvalue weighted by Crippen LogP contribution is 2.23. The molecule has 20 heavy (non-hydrogen) atoms. The van der Waals surface area contributed by atoms with Crippen LogP contribution in [0.2, 0.25) is 5.02 Å². The van der Waals surface area contributed by atoms with Crippen LogP contribution in [-0.4, -0.2) is 44.5 Å². The number of carbonyl (C=O) groups excluding carboxylic acids is 1. The van der Waals surface area contributed by atoms with Crippen LogP contribution in [0.15, 0.2) is 18.2 Å². The second-order valence-corrected chi connectivity index (χ2v) is 4.64. The van der Waals surface area contributed by atoms with Crippen molar-refractivity contribution in [1.29, 1.82) is 0 Å². The number of benzene rings is 1. The maximum atomic E-state index is 11.8. The van der Waals surface area contributed by atoms with Gasteiger partial charge in [0.1, 0.15) is 5.75 Å². The molecule has 0 saturated carbocycles. The Morgan fingerprint density at radius 3 is 2.80 bits per heavy atom. The van der Waals surface area contributed by atoms with E-state index in [1.807, 2.05) is 0 Å². The van der Waals surface area contributed by atoms with E-state index in [0.29, 0.717) is 31.9 Å². The second kappa shape index (κ2) is 9.58. The molecule has 0 saturated heterocycles. The van der Waals surface area contributed by atoms with Crippen LogP contribution in [0, 0.1) is 0 Å². The molecule has 0 aliphatic heterocycles. The van der Waals surface area contributed by atoms with E-state index in [9.17, 15) is 9.90 Å². The van der Waals surface area contributed by atoms with Gasteiger partial charge in [-0.1, -0.05) is 11.6 Å². The number of unbranched alkanes of at least 4 members (excludes halogenated alkanes) is 1. The Morgan fingerprint density at radius 1 is 1.30 bits per heavy atom. The molecular weight excluding hydrogens is 282 g/mol. The molecule has 112 valence electrons. The van der Waals surface area contributed by atoms with Crippen LogP contribution in [-0.2, 0) is 9.47 Å². The second-order valence-electron chi connectivity index (χ2n) is 4.23. The topological polar surface area (TPSA) is 67.8 Å². The fourth-order valence-corrected chi connectivity index (χ4v) is 1.71. The largest absolute Gasteiger partial charge is 0.506 e. The third-order valence-corrected chi connectivity index (χ3v) is 2.95. The molecule has 0 spiro atoms. The van der Waals surface area contributed by atoms with Crippen molar-refractivity contribution < 1.29 is 19.4 Å². The fraction of sp³-hybridized carbons (Fsp3) is 0.500. The molecule has 6 heteroatoms. The number of nitrogens with one attached hydrogen (secondary N) is 1. The molecule has 0 aliphatic carbocycles. The molecule has 2 N–H and O–H groups in total. The molecule has 0 atom stereocenters. The van der Waals surface area contributed by atoms with E-state index in [-0.39, 0.29) is 16.7 Å². The first-order valence-electron chi connectivity index (χ1n) is 6.48. The highest BCUT2D eigenvalue weighted by molar-refractivity contribution is 6.32. The molecule has 0 radical (unpaired) electrons. The average molecular weight is 302 g/mol. The lowest BCUT2D eigenvalue weighted by Crippen LogP contribution is -2.24. The van der Waals surface area contributed by atoms with Crippen LogP contribution in [0.1, 0.15) is 23.2 Å². The monoisotopic (exact) mass is 301 g/mol. The van der Waals surface area contributed by atoms with Crippen LogP contribution in [0.25, 0.3) is 0 Å². The average Bonchev–Trinajstić information content (AvgIpc) is 2.44. The molecule has 1 rings (SSSR count). The Hall–Kier alpha value is -1.30. The molecule has 0 unspecified atom stereocenters. The van der Waals surface area contributed by atoms with Crippen molar-refractivity contribution in [1.82, 2.24) is 5.32 Å². The van der Waals surface area contributed by atoms with Gasteiger partial charge in [-0.25, -0.2) is 0 Å². The van der Waals surface area contributed by atoms with Crippen LogP contribution < -0.4 is 5.32 Å². The Labute approximate surface area is 123 Å². The number of phenols is 1. The van der Waals surface area contributed by atoms with Crippen molar-refractivity contribution in [3.8, 4) is 5.75 Å². The summed E-state index contributed by atoms with van der Waals surface area (Å²) in [5.74, 6) is -0.233. The van der Waals surface area contributed by atoms with Gasteiger partial charge in [-0.05, 0) is 31.0 Å². The summed E-state index contributed by atoms with van der Waals surface area (Å²) < 4.78 is 10.2. The Kier molecular flexibility index (Phi) is 8.02. The highest BCUT2D eigenvalue weighted by atomic mass is 35.5. The predicted octanol–water partition coefficient (Wildman–Crippen LogP) is 2.22. The van der Waals surface area contributed by atoms with E-state index < -0.39 is 0 Å². The summed E-state index contributed by atoms with van der Waals surface area (Å²) in [4.78, 5) is 11.8. The van der Waals surface area contributed by atoms with Gasteiger partial charge in [-0.3, -0.25) is 4.79 Å². The molecule has 0 bridgehead atoms. The van der Waals surface area contributed by atoms with Crippen molar-refractivity contribution in [2.24, 2.45) is 0 Å². The standard InChI is InChI=1S/C14H20ClNO4/c1-19-8-9-20-7-3-2-6-16-14(18)11-4-5-13(17)12(15)10-11/h4-5,10,17H,2-3,6-9H2,1H3,(H,16,18). The normalized spacial score (nSPS) is 10.5. The smallest absolute Gasteiger partial charge is 0.251 e. The Morgan fingerprint density at radius 2 is 2.10 bits per heavy atom. The molecule has 1 aromatic carbocycles. The van der Waals surface area contributed by atoms with E-state index in [2.05, 4.69) is 5.32 Å². The first-order chi connectivity index (χ1) is 9.65. The van der Waals surface area contributed by atoms with E-state index >= 15 is 0 Å². The van der Waals surface area contributed by atoms with Gasteiger partial charge in [-0.15, -0.1) is 0 Å². The lowest BCUT2D eigenvalue weighted by molar-refractivity contribution is 0.0686. The van der Waals surface area contributed by atoms with Gasteiger partial charge in [0.2, 0.25) is 0 Å². The predicted molar refractivity (Wildman–Crippen MR) is 77.4 cm³/mol. The summed E-state index contributed by atoms with van der Waals surface area (Å²) in [5.41, 5.74) is 0.434. The highest BCUT2D eigenvalue weighted by Gasteiger charge is 2.07. The number of amides is 1. The van der Waals surface area contributed by atoms with Gasteiger partial charge >= 0.3 is 0 Å². The van der Waals surface area contributed by atoms with Crippen LogP contribution in [0.5, 0.6) is 5.75 Å². The van der Waals surface area contributed by atoms with Crippen molar-refractivity contribution in [3.63, 3.8) is 0 Å². The van der Waals surface area contributed by atoms with Gasteiger partial charge in [-0.2, -0.15) is 0 Å². The van der Waals surface area contributed by atoms with E-state index in [1.54, 1.807) is 7.11 Å². The van der Waals surface area contributed by atoms with Crippen LogP contribution >= 0.6 is 11.6 Å². The summed E-state index contributed by atoms with van der Waals surface area (Å²) >= 11 is 5.75. The van der Waals surface area contributed by atoms with Crippen LogP contribution in [0.3, 0.4) is 0 Å². The van der Waals surface area contributed by atoms with Crippen molar-refractivity contribution >= 4 is 17.5 Å². The molecule has 0 aromatic heterocycles. The number of hydrogen-bond donors (Lipinski definition) is 2. The molecule has 0 heterocycles. The Bertz CT molecular complexity index is 426. The number of rotatable bonds is 9. The lowest BCUT2D eigenvalue weighted by Gasteiger charge is -2.06. The van der Waals surface area contributed by atoms with Crippen molar-refractivity contribution in [2.45, 2.75) is 12.8 Å². The van der Waals surface area contributed by atoms with E-state index in [1.165, 1.54) is 18.2 Å². The zero-order valence-electron chi connectivity index (χ0n) is 11.5. The summed E-state index contributed by atoms with van der Waals surface area (Å²) in [6.07, 6.45) is 1.71. The maximum absolute atomic E-state index is 11.8. The third-order valence-electron chi connectivity index (χ3n) is 2.64. The first-order valence-corrected chi connectivity index (χ1v) is 6.86. The minimum atomic E-state index is -0.202. The fourth-order valence-electron chi connectivity index (χ4n) is 1.53. The molecule has 5 nitrogen and oxygen atoms in total. The number of phenolic OH excluding ortho intramolecular Hbond substituents is 1. The molecule has 1 aromatic rings. The summed E-state index contributed by atoms with van der Waals surface area (Å²) in [5, 5.41) is 12.2. The van der Waals surface area contributed by atoms with Gasteiger partial charge in [0, 0.05) is 25.8 Å². The summed E-state index contributed by atoms with van der Waals surface area (Å²) in [6.45, 7) is 2.42. The molecule has 1 amide bonds. The number of methoxy groups -OCH3 is 1. The van der Waals surface area contributed by atoms with Gasteiger partial charge < -0.3 is 19.9 Å². The number of aromatic hydroxyl groups is 1. The number of halogens is 1. The van der Waals surface area contributed by atoms with E-state index in [0.717, 1.165) is 12.8 Å². The third kappa shape index (κ3) is 6.23. The minimum absolute atomic E-state index is 0.0311. The van der Waals surface area contributed by atoms with Crippen LogP contribution in [0.4, 0.5) is 0 Å². The van der Waals surface area contributed by atoms with E-state index in [4.69, 9.17) is 21.1 Å². The minimum Gasteiger partial charge on any atom is -0.506 e. The summed E-state index contributed by atoms with van der Waals surface area (Å²) in [7, 11) is 1.63. The lowest BCUT2D eigenvalue weighted by atomic mass is 10.2. The van der Waals surface area contributed by atoms with Gasteiger partial charge in [0.05, 0.1) is 18.2 Å².